The second-order valence-corrected chi connectivity index (χ2v) is 4.28. The van der Waals surface area contributed by atoms with E-state index in [1.54, 1.807) is 12.1 Å². The van der Waals surface area contributed by atoms with E-state index in [2.05, 4.69) is 4.74 Å². The van der Waals surface area contributed by atoms with Crippen molar-refractivity contribution in [3.63, 3.8) is 0 Å². The molecule has 1 fully saturated rings. The second kappa shape index (κ2) is 5.09. The number of carbonyl (C=O) groups is 3. The molecule has 1 aromatic carbocycles. The molecule has 100 valence electrons. The van der Waals surface area contributed by atoms with Crippen molar-refractivity contribution in [2.75, 3.05) is 18.6 Å². The number of nitrogens with zero attached hydrogens (tertiary/aromatic N) is 1. The third-order valence-electron chi connectivity index (χ3n) is 3.06. The van der Waals surface area contributed by atoms with Crippen LogP contribution < -0.4 is 4.90 Å². The zero-order valence-electron chi connectivity index (χ0n) is 10.3. The number of anilines is 1. The SMILES string of the molecule is COC(=O)C1CC(=O)N(c2cccc(C(=O)O)c2)C1. The fourth-order valence-electron chi connectivity index (χ4n) is 2.09. The number of carboxylic acids is 1. The van der Waals surface area contributed by atoms with E-state index in [0.717, 1.165) is 0 Å². The van der Waals surface area contributed by atoms with Crippen LogP contribution in [0.2, 0.25) is 0 Å². The Balaban J connectivity index is 2.23. The summed E-state index contributed by atoms with van der Waals surface area (Å²) in [5.41, 5.74) is 0.586. The van der Waals surface area contributed by atoms with Gasteiger partial charge in [0.1, 0.15) is 0 Å². The summed E-state index contributed by atoms with van der Waals surface area (Å²) in [5.74, 6) is -2.19. The number of carboxylic acid groups (broad SMARTS) is 1. The maximum absolute atomic E-state index is 11.9. The van der Waals surface area contributed by atoms with Gasteiger partial charge in [-0.25, -0.2) is 4.79 Å². The van der Waals surface area contributed by atoms with E-state index in [0.29, 0.717) is 5.69 Å². The second-order valence-electron chi connectivity index (χ2n) is 4.28. The molecule has 1 N–H and O–H groups in total. The highest BCUT2D eigenvalue weighted by molar-refractivity contribution is 6.00. The van der Waals surface area contributed by atoms with Crippen LogP contribution in [0.1, 0.15) is 16.8 Å². The number of ether oxygens (including phenoxy) is 1. The molecule has 1 aliphatic rings. The highest BCUT2D eigenvalue weighted by Gasteiger charge is 2.35. The third-order valence-corrected chi connectivity index (χ3v) is 3.06. The average molecular weight is 263 g/mol. The van der Waals surface area contributed by atoms with E-state index in [1.165, 1.54) is 24.1 Å². The lowest BCUT2D eigenvalue weighted by molar-refractivity contribution is -0.145. The number of rotatable bonds is 3. The van der Waals surface area contributed by atoms with Crippen LogP contribution in [0.5, 0.6) is 0 Å². The molecule has 1 aromatic rings. The van der Waals surface area contributed by atoms with Crippen molar-refractivity contribution in [1.29, 1.82) is 0 Å². The molecule has 0 aliphatic carbocycles. The van der Waals surface area contributed by atoms with E-state index in [1.807, 2.05) is 0 Å². The van der Waals surface area contributed by atoms with Crippen molar-refractivity contribution in [1.82, 2.24) is 0 Å². The topological polar surface area (TPSA) is 83.9 Å². The van der Waals surface area contributed by atoms with E-state index >= 15 is 0 Å². The van der Waals surface area contributed by atoms with Crippen LogP contribution in [0.25, 0.3) is 0 Å². The summed E-state index contributed by atoms with van der Waals surface area (Å²) in [4.78, 5) is 35.6. The predicted molar refractivity (Wildman–Crippen MR) is 65.9 cm³/mol. The molecule has 2 rings (SSSR count). The molecule has 1 atom stereocenters. The summed E-state index contributed by atoms with van der Waals surface area (Å²) in [6.45, 7) is 0.217. The van der Waals surface area contributed by atoms with E-state index in [9.17, 15) is 14.4 Å². The number of benzene rings is 1. The maximum Gasteiger partial charge on any atom is 0.335 e. The first-order chi connectivity index (χ1) is 9.02. The van der Waals surface area contributed by atoms with Crippen molar-refractivity contribution in [2.45, 2.75) is 6.42 Å². The van der Waals surface area contributed by atoms with Gasteiger partial charge in [-0.2, -0.15) is 0 Å². The van der Waals surface area contributed by atoms with E-state index in [-0.39, 0.29) is 24.4 Å². The lowest BCUT2D eigenvalue weighted by atomic mass is 10.1. The molecular formula is C13H13NO5. The minimum atomic E-state index is -1.06. The zero-order chi connectivity index (χ0) is 14.0. The van der Waals surface area contributed by atoms with Gasteiger partial charge < -0.3 is 14.7 Å². The molecule has 0 radical (unpaired) electrons. The van der Waals surface area contributed by atoms with Crippen LogP contribution in [-0.2, 0) is 14.3 Å². The number of methoxy groups -OCH3 is 1. The smallest absolute Gasteiger partial charge is 0.335 e. The molecule has 0 aromatic heterocycles. The van der Waals surface area contributed by atoms with Gasteiger partial charge in [0.25, 0.3) is 0 Å². The minimum Gasteiger partial charge on any atom is -0.478 e. The Hall–Kier alpha value is -2.37. The first-order valence-corrected chi connectivity index (χ1v) is 5.74. The van der Waals surface area contributed by atoms with Crippen LogP contribution >= 0.6 is 0 Å². The van der Waals surface area contributed by atoms with E-state index in [4.69, 9.17) is 5.11 Å². The Morgan fingerprint density at radius 3 is 2.79 bits per heavy atom. The molecule has 0 saturated carbocycles. The number of hydrogen-bond acceptors (Lipinski definition) is 4. The molecule has 1 unspecified atom stereocenters. The highest BCUT2D eigenvalue weighted by atomic mass is 16.5. The van der Waals surface area contributed by atoms with Gasteiger partial charge in [-0.3, -0.25) is 9.59 Å². The monoisotopic (exact) mass is 263 g/mol. The Morgan fingerprint density at radius 1 is 1.42 bits per heavy atom. The van der Waals surface area contributed by atoms with Crippen LogP contribution in [-0.4, -0.2) is 36.6 Å². The van der Waals surface area contributed by atoms with Gasteiger partial charge in [-0.15, -0.1) is 0 Å². The molecular weight excluding hydrogens is 250 g/mol. The number of carbonyl (C=O) groups excluding carboxylic acids is 2. The summed E-state index contributed by atoms with van der Waals surface area (Å²) in [5, 5.41) is 8.92. The highest BCUT2D eigenvalue weighted by Crippen LogP contribution is 2.26. The van der Waals surface area contributed by atoms with Gasteiger partial charge in [0.05, 0.1) is 18.6 Å². The molecule has 0 bridgehead atoms. The molecule has 1 heterocycles. The van der Waals surface area contributed by atoms with Gasteiger partial charge >= 0.3 is 11.9 Å². The Morgan fingerprint density at radius 2 is 2.16 bits per heavy atom. The van der Waals surface area contributed by atoms with Crippen LogP contribution in [0.15, 0.2) is 24.3 Å². The lowest BCUT2D eigenvalue weighted by Gasteiger charge is -2.16. The Labute approximate surface area is 109 Å². The summed E-state index contributed by atoms with van der Waals surface area (Å²) >= 11 is 0. The van der Waals surface area contributed by atoms with Crippen LogP contribution in [0, 0.1) is 5.92 Å². The van der Waals surface area contributed by atoms with Crippen molar-refractivity contribution in [2.24, 2.45) is 5.92 Å². The zero-order valence-corrected chi connectivity index (χ0v) is 10.3. The summed E-state index contributed by atoms with van der Waals surface area (Å²) in [6, 6.07) is 6.07. The molecule has 6 heteroatoms. The summed E-state index contributed by atoms with van der Waals surface area (Å²) in [6.07, 6.45) is 0.0873. The molecule has 1 saturated heterocycles. The fraction of sp³-hybridized carbons (Fsp3) is 0.308. The normalized spacial score (nSPS) is 18.5. The van der Waals surface area contributed by atoms with Gasteiger partial charge in [0.15, 0.2) is 0 Å². The Bertz CT molecular complexity index is 540. The summed E-state index contributed by atoms with van der Waals surface area (Å²) in [7, 11) is 1.28. The summed E-state index contributed by atoms with van der Waals surface area (Å²) < 4.78 is 4.62. The third kappa shape index (κ3) is 2.57. The largest absolute Gasteiger partial charge is 0.478 e. The first-order valence-electron chi connectivity index (χ1n) is 5.74. The molecule has 19 heavy (non-hydrogen) atoms. The molecule has 6 nitrogen and oxygen atoms in total. The van der Waals surface area contributed by atoms with Crippen molar-refractivity contribution >= 4 is 23.5 Å². The standard InChI is InChI=1S/C13H13NO5/c1-19-13(18)9-6-11(15)14(7-9)10-4-2-3-8(5-10)12(16)17/h2-5,9H,6-7H2,1H3,(H,16,17). The number of esters is 1. The predicted octanol–water partition coefficient (Wildman–Crippen LogP) is 0.911. The molecule has 1 amide bonds. The maximum atomic E-state index is 11.9. The molecule has 1 aliphatic heterocycles. The van der Waals surface area contributed by atoms with Gasteiger partial charge in [0, 0.05) is 18.7 Å². The first kappa shape index (κ1) is 13.1. The fourth-order valence-corrected chi connectivity index (χ4v) is 2.09. The molecule has 0 spiro atoms. The van der Waals surface area contributed by atoms with Gasteiger partial charge in [-0.05, 0) is 18.2 Å². The van der Waals surface area contributed by atoms with Crippen LogP contribution in [0.4, 0.5) is 5.69 Å². The number of aromatic carboxylic acids is 1. The van der Waals surface area contributed by atoms with Crippen molar-refractivity contribution < 1.29 is 24.2 Å². The number of amides is 1. The van der Waals surface area contributed by atoms with E-state index < -0.39 is 17.9 Å². The minimum absolute atomic E-state index is 0.0873. The quantitative estimate of drug-likeness (QED) is 0.819. The average Bonchev–Trinajstić information content (AvgIpc) is 2.80. The Kier molecular flexibility index (Phi) is 3.50. The van der Waals surface area contributed by atoms with Crippen molar-refractivity contribution in [3.05, 3.63) is 29.8 Å². The number of hydrogen-bond donors (Lipinski definition) is 1. The van der Waals surface area contributed by atoms with Crippen molar-refractivity contribution in [3.8, 4) is 0 Å². The van der Waals surface area contributed by atoms with Gasteiger partial charge in [-0.1, -0.05) is 6.07 Å². The van der Waals surface area contributed by atoms with Crippen LogP contribution in [0.3, 0.4) is 0 Å². The lowest BCUT2D eigenvalue weighted by Crippen LogP contribution is -2.26. The van der Waals surface area contributed by atoms with Gasteiger partial charge in [0.2, 0.25) is 5.91 Å².